The minimum absolute atomic E-state index is 0.163. The molecule has 3 rings (SSSR count). The average Bonchev–Trinajstić information content (AvgIpc) is 2.86. The fourth-order valence-electron chi connectivity index (χ4n) is 3.56. The Morgan fingerprint density at radius 3 is 2.44 bits per heavy atom. The Morgan fingerprint density at radius 2 is 1.81 bits per heavy atom. The second kappa shape index (κ2) is 8.57. The summed E-state index contributed by atoms with van der Waals surface area (Å²) in [6, 6.07) is 9.46. The highest BCUT2D eigenvalue weighted by atomic mass is 19.1. The molecule has 0 unspecified atom stereocenters. The summed E-state index contributed by atoms with van der Waals surface area (Å²) in [5.41, 5.74) is 1.33. The summed E-state index contributed by atoms with van der Waals surface area (Å²) in [5, 5.41) is 0. The van der Waals surface area contributed by atoms with E-state index in [0.717, 1.165) is 31.3 Å². The summed E-state index contributed by atoms with van der Waals surface area (Å²) in [7, 11) is 0. The van der Waals surface area contributed by atoms with E-state index in [1.165, 1.54) is 24.3 Å². The van der Waals surface area contributed by atoms with Crippen LogP contribution in [0, 0.1) is 17.6 Å². The number of carbonyl (C=O) groups excluding carboxylic acids is 1. The van der Waals surface area contributed by atoms with E-state index in [2.05, 4.69) is 23.7 Å². The smallest absolute Gasteiger partial charge is 0.272 e. The van der Waals surface area contributed by atoms with Crippen LogP contribution in [0.25, 0.3) is 0 Å². The van der Waals surface area contributed by atoms with Crippen molar-refractivity contribution in [1.82, 2.24) is 14.8 Å². The van der Waals surface area contributed by atoms with Gasteiger partial charge in [-0.3, -0.25) is 9.69 Å². The maximum Gasteiger partial charge on any atom is 0.272 e. The number of pyridine rings is 1. The molecule has 0 aliphatic carbocycles. The van der Waals surface area contributed by atoms with Crippen LogP contribution in [0.2, 0.25) is 0 Å². The van der Waals surface area contributed by atoms with Gasteiger partial charge in [0, 0.05) is 32.2 Å². The summed E-state index contributed by atoms with van der Waals surface area (Å²) in [6.45, 7) is 7.11. The third-order valence-electron chi connectivity index (χ3n) is 5.05. The van der Waals surface area contributed by atoms with Gasteiger partial charge in [-0.2, -0.15) is 0 Å². The van der Waals surface area contributed by atoms with Crippen LogP contribution in [-0.2, 0) is 6.54 Å². The minimum Gasteiger partial charge on any atom is -0.336 e. The van der Waals surface area contributed by atoms with Crippen LogP contribution in [0.3, 0.4) is 0 Å². The lowest BCUT2D eigenvalue weighted by molar-refractivity contribution is 0.0696. The van der Waals surface area contributed by atoms with Gasteiger partial charge in [-0.05, 0) is 42.2 Å². The molecule has 0 spiro atoms. The quantitative estimate of drug-likeness (QED) is 0.819. The molecule has 1 aliphatic rings. The SMILES string of the molecule is CC(C)[C@H]1CN(C(=O)c2ccc(F)cn2)CCCN1Cc1ccc(F)cc1. The van der Waals surface area contributed by atoms with Gasteiger partial charge in [0.15, 0.2) is 0 Å². The molecule has 144 valence electrons. The van der Waals surface area contributed by atoms with E-state index in [0.29, 0.717) is 19.0 Å². The van der Waals surface area contributed by atoms with Crippen molar-refractivity contribution in [1.29, 1.82) is 0 Å². The average molecular weight is 373 g/mol. The second-order valence-electron chi connectivity index (χ2n) is 7.37. The van der Waals surface area contributed by atoms with E-state index >= 15 is 0 Å². The zero-order chi connectivity index (χ0) is 19.4. The number of hydrogen-bond acceptors (Lipinski definition) is 3. The first-order valence-electron chi connectivity index (χ1n) is 9.33. The van der Waals surface area contributed by atoms with E-state index < -0.39 is 5.82 Å². The number of halogens is 2. The van der Waals surface area contributed by atoms with Crippen LogP contribution < -0.4 is 0 Å². The molecule has 1 saturated heterocycles. The Kier molecular flexibility index (Phi) is 6.16. The maximum atomic E-state index is 13.2. The highest BCUT2D eigenvalue weighted by molar-refractivity contribution is 5.92. The number of hydrogen-bond donors (Lipinski definition) is 0. The maximum absolute atomic E-state index is 13.2. The summed E-state index contributed by atoms with van der Waals surface area (Å²) in [4.78, 5) is 20.9. The standard InChI is InChI=1S/C21H25F2N3O/c1-15(2)20-14-26(21(27)19-9-8-18(23)12-24-19)11-3-10-25(20)13-16-4-6-17(22)7-5-16/h4-9,12,15,20H,3,10-11,13-14H2,1-2H3/t20-/m1/s1. The van der Waals surface area contributed by atoms with Gasteiger partial charge >= 0.3 is 0 Å². The van der Waals surface area contributed by atoms with E-state index in [9.17, 15) is 13.6 Å². The third-order valence-corrected chi connectivity index (χ3v) is 5.05. The normalized spacial score (nSPS) is 18.6. The molecule has 1 aliphatic heterocycles. The molecule has 0 saturated carbocycles. The molecule has 6 heteroatoms. The molecule has 4 nitrogen and oxygen atoms in total. The molecule has 0 N–H and O–H groups in total. The largest absolute Gasteiger partial charge is 0.336 e. The van der Waals surface area contributed by atoms with Gasteiger partial charge in [-0.1, -0.05) is 26.0 Å². The van der Waals surface area contributed by atoms with Gasteiger partial charge < -0.3 is 4.90 Å². The fraction of sp³-hybridized carbons (Fsp3) is 0.429. The van der Waals surface area contributed by atoms with E-state index in [1.54, 1.807) is 0 Å². The van der Waals surface area contributed by atoms with E-state index in [-0.39, 0.29) is 23.5 Å². The molecule has 0 radical (unpaired) electrons. The number of benzene rings is 1. The van der Waals surface area contributed by atoms with Crippen molar-refractivity contribution in [2.75, 3.05) is 19.6 Å². The van der Waals surface area contributed by atoms with E-state index in [1.807, 2.05) is 17.0 Å². The predicted octanol–water partition coefficient (Wildman–Crippen LogP) is 3.73. The number of nitrogens with zero attached hydrogens (tertiary/aromatic N) is 3. The molecule has 27 heavy (non-hydrogen) atoms. The van der Waals surface area contributed by atoms with Gasteiger partial charge in [0.25, 0.3) is 5.91 Å². The summed E-state index contributed by atoms with van der Waals surface area (Å²) >= 11 is 0. The van der Waals surface area contributed by atoms with Gasteiger partial charge in [-0.25, -0.2) is 13.8 Å². The fourth-order valence-corrected chi connectivity index (χ4v) is 3.56. The molecular weight excluding hydrogens is 348 g/mol. The summed E-state index contributed by atoms with van der Waals surface area (Å²) in [6.07, 6.45) is 1.92. The number of aromatic nitrogens is 1. The first-order chi connectivity index (χ1) is 12.9. The van der Waals surface area contributed by atoms with Crippen LogP contribution in [0.4, 0.5) is 8.78 Å². The first-order valence-corrected chi connectivity index (χ1v) is 9.33. The highest BCUT2D eigenvalue weighted by Gasteiger charge is 2.30. The predicted molar refractivity (Wildman–Crippen MR) is 100 cm³/mol. The van der Waals surface area contributed by atoms with Gasteiger partial charge in [0.2, 0.25) is 0 Å². The van der Waals surface area contributed by atoms with Crippen molar-refractivity contribution < 1.29 is 13.6 Å². The lowest BCUT2D eigenvalue weighted by Crippen LogP contribution is -2.45. The number of carbonyl (C=O) groups is 1. The molecular formula is C21H25F2N3O. The number of rotatable bonds is 4. The zero-order valence-corrected chi connectivity index (χ0v) is 15.7. The monoisotopic (exact) mass is 373 g/mol. The molecule has 1 amide bonds. The van der Waals surface area contributed by atoms with Crippen molar-refractivity contribution in [3.05, 3.63) is 65.5 Å². The molecule has 1 fully saturated rings. The van der Waals surface area contributed by atoms with Crippen molar-refractivity contribution in [2.24, 2.45) is 5.92 Å². The molecule has 2 heterocycles. The minimum atomic E-state index is -0.451. The molecule has 2 aromatic rings. The Morgan fingerprint density at radius 1 is 1.11 bits per heavy atom. The Hall–Kier alpha value is -2.34. The van der Waals surface area contributed by atoms with Crippen molar-refractivity contribution in [3.8, 4) is 0 Å². The molecule has 1 aromatic heterocycles. The van der Waals surface area contributed by atoms with Crippen LogP contribution in [0.15, 0.2) is 42.6 Å². The Bertz CT molecular complexity index is 762. The van der Waals surface area contributed by atoms with Crippen LogP contribution in [0.5, 0.6) is 0 Å². The topological polar surface area (TPSA) is 36.4 Å². The summed E-state index contributed by atoms with van der Waals surface area (Å²) in [5.74, 6) is -0.504. The molecule has 1 atom stereocenters. The lowest BCUT2D eigenvalue weighted by atomic mass is 10.0. The van der Waals surface area contributed by atoms with Gasteiger partial charge in [0.1, 0.15) is 17.3 Å². The third kappa shape index (κ3) is 4.89. The highest BCUT2D eigenvalue weighted by Crippen LogP contribution is 2.21. The molecule has 1 aromatic carbocycles. The van der Waals surface area contributed by atoms with Crippen molar-refractivity contribution >= 4 is 5.91 Å². The lowest BCUT2D eigenvalue weighted by Gasteiger charge is -2.34. The summed E-state index contributed by atoms with van der Waals surface area (Å²) < 4.78 is 26.3. The number of amides is 1. The Labute approximate surface area is 158 Å². The van der Waals surface area contributed by atoms with Gasteiger partial charge in [-0.15, -0.1) is 0 Å². The first kappa shape index (κ1) is 19.4. The second-order valence-corrected chi connectivity index (χ2v) is 7.37. The van der Waals surface area contributed by atoms with Crippen molar-refractivity contribution in [2.45, 2.75) is 32.9 Å². The zero-order valence-electron chi connectivity index (χ0n) is 15.7. The van der Waals surface area contributed by atoms with Crippen LogP contribution in [0.1, 0.15) is 36.3 Å². The van der Waals surface area contributed by atoms with Gasteiger partial charge in [0.05, 0.1) is 6.20 Å². The van der Waals surface area contributed by atoms with E-state index in [4.69, 9.17) is 0 Å². The Balaban J connectivity index is 1.75. The molecule has 0 bridgehead atoms. The van der Waals surface area contributed by atoms with Crippen LogP contribution >= 0.6 is 0 Å². The van der Waals surface area contributed by atoms with Crippen LogP contribution in [-0.4, -0.2) is 46.4 Å². The van der Waals surface area contributed by atoms with Crippen molar-refractivity contribution in [3.63, 3.8) is 0 Å².